The van der Waals surface area contributed by atoms with Gasteiger partial charge in [0.05, 0.1) is 0 Å². The highest BCUT2D eigenvalue weighted by Crippen LogP contribution is 2.12. The molecule has 0 unspecified atom stereocenters. The van der Waals surface area contributed by atoms with E-state index in [4.69, 9.17) is 0 Å². The van der Waals surface area contributed by atoms with Crippen molar-refractivity contribution in [2.75, 3.05) is 38.0 Å². The summed E-state index contributed by atoms with van der Waals surface area (Å²) in [5.41, 5.74) is 1.77. The number of hydrogen-bond acceptors (Lipinski definition) is 5. The number of anilines is 1. The molecule has 1 N–H and O–H groups in total. The van der Waals surface area contributed by atoms with Crippen LogP contribution in [0.4, 0.5) is 5.82 Å². The number of benzene rings is 1. The third-order valence-electron chi connectivity index (χ3n) is 4.49. The number of nitrogens with one attached hydrogen (secondary N) is 1. The predicted octanol–water partition coefficient (Wildman–Crippen LogP) is 2.50. The van der Waals surface area contributed by atoms with E-state index in [0.29, 0.717) is 17.4 Å². The number of rotatable bonds is 6. The van der Waals surface area contributed by atoms with Gasteiger partial charge in [0, 0.05) is 45.3 Å². The smallest absolute Gasteiger partial charge is 0.272 e. The number of carbonyl (C=O) groups is 1. The summed E-state index contributed by atoms with van der Waals surface area (Å²) in [5, 5.41) is 3.25. The molecule has 0 saturated carbocycles. The van der Waals surface area contributed by atoms with Crippen LogP contribution in [0.2, 0.25) is 0 Å². The lowest BCUT2D eigenvalue weighted by atomic mass is 10.2. The van der Waals surface area contributed by atoms with E-state index < -0.39 is 0 Å². The molecule has 6 nitrogen and oxygen atoms in total. The Bertz CT molecular complexity index is 711. The molecule has 1 aromatic carbocycles. The molecular weight excluding hydrogens is 326 g/mol. The third-order valence-corrected chi connectivity index (χ3v) is 4.49. The van der Waals surface area contributed by atoms with Crippen molar-refractivity contribution >= 4 is 11.7 Å². The highest BCUT2D eigenvalue weighted by Gasteiger charge is 2.23. The van der Waals surface area contributed by atoms with E-state index in [1.165, 1.54) is 11.9 Å². The SMILES string of the molecule is CC(C)CNc1cc(C(=O)N2CCN(Cc3ccccc3)CC2)ncn1. The molecule has 1 aromatic heterocycles. The molecule has 0 atom stereocenters. The molecule has 26 heavy (non-hydrogen) atoms. The Kier molecular flexibility index (Phi) is 6.17. The molecule has 138 valence electrons. The number of aromatic nitrogens is 2. The van der Waals surface area contributed by atoms with Crippen molar-refractivity contribution in [2.45, 2.75) is 20.4 Å². The van der Waals surface area contributed by atoms with Gasteiger partial charge in [-0.25, -0.2) is 9.97 Å². The molecule has 1 saturated heterocycles. The topological polar surface area (TPSA) is 61.4 Å². The van der Waals surface area contributed by atoms with Gasteiger partial charge >= 0.3 is 0 Å². The van der Waals surface area contributed by atoms with Gasteiger partial charge in [-0.2, -0.15) is 0 Å². The molecule has 0 spiro atoms. The lowest BCUT2D eigenvalue weighted by molar-refractivity contribution is 0.0622. The Morgan fingerprint density at radius 1 is 1.12 bits per heavy atom. The molecule has 0 bridgehead atoms. The Hall–Kier alpha value is -2.47. The first-order chi connectivity index (χ1) is 12.6. The van der Waals surface area contributed by atoms with Gasteiger partial charge in [0.25, 0.3) is 5.91 Å². The standard InChI is InChI=1S/C20H27N5O/c1-16(2)13-21-19-12-18(22-15-23-19)20(26)25-10-8-24(9-11-25)14-17-6-4-3-5-7-17/h3-7,12,15-16H,8-11,13-14H2,1-2H3,(H,21,22,23). The minimum atomic E-state index is -0.0145. The van der Waals surface area contributed by atoms with E-state index in [1.54, 1.807) is 6.07 Å². The van der Waals surface area contributed by atoms with Gasteiger partial charge in [-0.1, -0.05) is 44.2 Å². The normalized spacial score (nSPS) is 15.3. The van der Waals surface area contributed by atoms with Crippen LogP contribution in [0, 0.1) is 5.92 Å². The highest BCUT2D eigenvalue weighted by molar-refractivity contribution is 5.93. The number of nitrogens with zero attached hydrogens (tertiary/aromatic N) is 4. The van der Waals surface area contributed by atoms with Crippen LogP contribution in [-0.2, 0) is 6.54 Å². The molecule has 2 aromatic rings. The summed E-state index contributed by atoms with van der Waals surface area (Å²) in [6.07, 6.45) is 1.46. The Morgan fingerprint density at radius 2 is 1.85 bits per heavy atom. The van der Waals surface area contributed by atoms with E-state index in [-0.39, 0.29) is 5.91 Å². The van der Waals surface area contributed by atoms with Crippen LogP contribution in [0.3, 0.4) is 0 Å². The lowest BCUT2D eigenvalue weighted by Crippen LogP contribution is -2.48. The summed E-state index contributed by atoms with van der Waals surface area (Å²) in [4.78, 5) is 25.4. The molecule has 0 aliphatic carbocycles. The average Bonchev–Trinajstić information content (AvgIpc) is 2.67. The van der Waals surface area contributed by atoms with Crippen molar-refractivity contribution in [1.29, 1.82) is 0 Å². The molecular formula is C20H27N5O. The molecule has 1 fully saturated rings. The largest absolute Gasteiger partial charge is 0.370 e. The Balaban J connectivity index is 1.54. The van der Waals surface area contributed by atoms with Gasteiger partial charge in [0.15, 0.2) is 0 Å². The van der Waals surface area contributed by atoms with Crippen LogP contribution in [0.1, 0.15) is 29.9 Å². The predicted molar refractivity (Wildman–Crippen MR) is 103 cm³/mol. The summed E-state index contributed by atoms with van der Waals surface area (Å²) in [5.74, 6) is 1.21. The first kappa shape index (κ1) is 18.3. The number of carbonyl (C=O) groups excluding carboxylic acids is 1. The first-order valence-corrected chi connectivity index (χ1v) is 9.23. The van der Waals surface area contributed by atoms with Gasteiger partial charge in [0.2, 0.25) is 0 Å². The van der Waals surface area contributed by atoms with E-state index in [9.17, 15) is 4.79 Å². The zero-order valence-corrected chi connectivity index (χ0v) is 15.6. The fourth-order valence-electron chi connectivity index (χ4n) is 2.99. The van der Waals surface area contributed by atoms with Gasteiger partial charge in [-0.3, -0.25) is 9.69 Å². The summed E-state index contributed by atoms with van der Waals surface area (Å²) in [6.45, 7) is 9.23. The molecule has 6 heteroatoms. The van der Waals surface area contributed by atoms with Gasteiger partial charge in [0.1, 0.15) is 17.8 Å². The highest BCUT2D eigenvalue weighted by atomic mass is 16.2. The lowest BCUT2D eigenvalue weighted by Gasteiger charge is -2.34. The Morgan fingerprint density at radius 3 is 2.54 bits per heavy atom. The van der Waals surface area contributed by atoms with E-state index in [1.807, 2.05) is 11.0 Å². The third kappa shape index (κ3) is 5.02. The van der Waals surface area contributed by atoms with E-state index in [0.717, 1.165) is 39.3 Å². The zero-order valence-electron chi connectivity index (χ0n) is 15.6. The van der Waals surface area contributed by atoms with Crippen LogP contribution in [0.15, 0.2) is 42.7 Å². The number of hydrogen-bond donors (Lipinski definition) is 1. The van der Waals surface area contributed by atoms with Gasteiger partial charge in [-0.05, 0) is 11.5 Å². The van der Waals surface area contributed by atoms with Gasteiger partial charge in [-0.15, -0.1) is 0 Å². The minimum Gasteiger partial charge on any atom is -0.370 e. The second-order valence-electron chi connectivity index (χ2n) is 7.12. The van der Waals surface area contributed by atoms with Crippen molar-refractivity contribution in [2.24, 2.45) is 5.92 Å². The van der Waals surface area contributed by atoms with Crippen LogP contribution < -0.4 is 5.32 Å². The fraction of sp³-hybridized carbons (Fsp3) is 0.450. The second kappa shape index (κ2) is 8.76. The quantitative estimate of drug-likeness (QED) is 0.865. The molecule has 2 heterocycles. The molecule has 0 radical (unpaired) electrons. The van der Waals surface area contributed by atoms with E-state index in [2.05, 4.69) is 58.3 Å². The van der Waals surface area contributed by atoms with Crippen molar-refractivity contribution in [3.8, 4) is 0 Å². The first-order valence-electron chi connectivity index (χ1n) is 9.23. The number of amides is 1. The van der Waals surface area contributed by atoms with Crippen molar-refractivity contribution in [3.05, 3.63) is 54.0 Å². The summed E-state index contributed by atoms with van der Waals surface area (Å²) in [6, 6.07) is 12.2. The zero-order chi connectivity index (χ0) is 18.4. The van der Waals surface area contributed by atoms with Crippen LogP contribution in [0.5, 0.6) is 0 Å². The average molecular weight is 353 g/mol. The van der Waals surface area contributed by atoms with Crippen LogP contribution >= 0.6 is 0 Å². The summed E-state index contributed by atoms with van der Waals surface area (Å²) < 4.78 is 0. The van der Waals surface area contributed by atoms with Gasteiger partial charge < -0.3 is 10.2 Å². The summed E-state index contributed by atoms with van der Waals surface area (Å²) in [7, 11) is 0. The fourth-order valence-corrected chi connectivity index (χ4v) is 2.99. The second-order valence-corrected chi connectivity index (χ2v) is 7.12. The van der Waals surface area contributed by atoms with Crippen LogP contribution in [-0.4, -0.2) is 58.4 Å². The minimum absolute atomic E-state index is 0.0145. The molecule has 1 amide bonds. The monoisotopic (exact) mass is 353 g/mol. The summed E-state index contributed by atoms with van der Waals surface area (Å²) >= 11 is 0. The number of piperazine rings is 1. The molecule has 1 aliphatic heterocycles. The van der Waals surface area contributed by atoms with Crippen molar-refractivity contribution in [3.63, 3.8) is 0 Å². The van der Waals surface area contributed by atoms with E-state index >= 15 is 0 Å². The molecule has 3 rings (SSSR count). The maximum absolute atomic E-state index is 12.7. The maximum atomic E-state index is 12.7. The van der Waals surface area contributed by atoms with Crippen LogP contribution in [0.25, 0.3) is 0 Å². The Labute approximate surface area is 155 Å². The maximum Gasteiger partial charge on any atom is 0.272 e. The molecule has 1 aliphatic rings. The van der Waals surface area contributed by atoms with Crippen molar-refractivity contribution < 1.29 is 4.79 Å². The van der Waals surface area contributed by atoms with Crippen molar-refractivity contribution in [1.82, 2.24) is 19.8 Å².